The monoisotopic (exact) mass is 357 g/mol. The number of nitrogens with one attached hydrogen (secondary N) is 1. The number of carbonyl (C=O) groups excluding carboxylic acids is 1. The second-order valence-electron chi connectivity index (χ2n) is 5.76. The van der Waals surface area contributed by atoms with Crippen LogP contribution in [0.3, 0.4) is 0 Å². The summed E-state index contributed by atoms with van der Waals surface area (Å²) in [6.07, 6.45) is 0. The first-order valence-corrected chi connectivity index (χ1v) is 8.61. The zero-order valence-electron chi connectivity index (χ0n) is 14.8. The van der Waals surface area contributed by atoms with Gasteiger partial charge in [-0.2, -0.15) is 0 Å². The summed E-state index contributed by atoms with van der Waals surface area (Å²) in [5, 5.41) is 2.83. The molecule has 1 saturated heterocycles. The van der Waals surface area contributed by atoms with Gasteiger partial charge in [0, 0.05) is 13.1 Å². The summed E-state index contributed by atoms with van der Waals surface area (Å²) >= 11 is 0. The lowest BCUT2D eigenvalue weighted by molar-refractivity contribution is 0.0942. The molecule has 26 heavy (non-hydrogen) atoms. The number of anilines is 1. The van der Waals surface area contributed by atoms with Crippen molar-refractivity contribution in [1.29, 1.82) is 0 Å². The Morgan fingerprint density at radius 2 is 1.88 bits per heavy atom. The van der Waals surface area contributed by atoms with E-state index in [1.54, 1.807) is 13.2 Å². The molecule has 1 aromatic carbocycles. The first-order chi connectivity index (χ1) is 12.8. The minimum atomic E-state index is -0.210. The van der Waals surface area contributed by atoms with Crippen molar-refractivity contribution in [3.63, 3.8) is 0 Å². The maximum Gasteiger partial charge on any atom is 0.270 e. The van der Waals surface area contributed by atoms with Gasteiger partial charge in [-0.1, -0.05) is 6.07 Å². The second-order valence-corrected chi connectivity index (χ2v) is 5.76. The largest absolute Gasteiger partial charge is 0.497 e. The standard InChI is InChI=1S/C19H23N3O4/c1-24-15-5-7-16(8-6-15)26-12-9-20-19(23)17-3-2-4-18(21-17)22-10-13-25-14-11-22/h2-8H,9-14H2,1H3,(H,20,23). The van der Waals surface area contributed by atoms with Gasteiger partial charge >= 0.3 is 0 Å². The minimum Gasteiger partial charge on any atom is -0.497 e. The topological polar surface area (TPSA) is 72.9 Å². The molecule has 7 heteroatoms. The molecule has 0 saturated carbocycles. The fraction of sp³-hybridized carbons (Fsp3) is 0.368. The van der Waals surface area contributed by atoms with Gasteiger partial charge in [-0.3, -0.25) is 4.79 Å². The summed E-state index contributed by atoms with van der Waals surface area (Å²) in [5.41, 5.74) is 0.401. The van der Waals surface area contributed by atoms with E-state index < -0.39 is 0 Å². The van der Waals surface area contributed by atoms with Gasteiger partial charge in [0.1, 0.15) is 29.6 Å². The molecule has 0 bridgehead atoms. The molecule has 2 aromatic rings. The molecule has 1 aromatic heterocycles. The van der Waals surface area contributed by atoms with Crippen LogP contribution in [0.25, 0.3) is 0 Å². The molecule has 0 atom stereocenters. The number of amides is 1. The Hall–Kier alpha value is -2.80. The van der Waals surface area contributed by atoms with Crippen molar-refractivity contribution < 1.29 is 19.0 Å². The van der Waals surface area contributed by atoms with Crippen LogP contribution in [0.1, 0.15) is 10.5 Å². The Kier molecular flexibility index (Phi) is 6.27. The van der Waals surface area contributed by atoms with Crippen LogP contribution in [0.4, 0.5) is 5.82 Å². The number of nitrogens with zero attached hydrogens (tertiary/aromatic N) is 2. The summed E-state index contributed by atoms with van der Waals surface area (Å²) in [4.78, 5) is 18.9. The number of ether oxygens (including phenoxy) is 3. The van der Waals surface area contributed by atoms with E-state index in [4.69, 9.17) is 14.2 Å². The van der Waals surface area contributed by atoms with E-state index in [2.05, 4.69) is 15.2 Å². The van der Waals surface area contributed by atoms with E-state index in [0.29, 0.717) is 32.1 Å². The van der Waals surface area contributed by atoms with Crippen LogP contribution in [-0.2, 0) is 4.74 Å². The summed E-state index contributed by atoms with van der Waals surface area (Å²) < 4.78 is 16.0. The highest BCUT2D eigenvalue weighted by Crippen LogP contribution is 2.16. The Morgan fingerprint density at radius 3 is 2.62 bits per heavy atom. The number of pyridine rings is 1. The number of morpholine rings is 1. The molecule has 0 aliphatic carbocycles. The molecule has 3 rings (SSSR count). The molecule has 1 fully saturated rings. The molecule has 1 aliphatic heterocycles. The highest BCUT2D eigenvalue weighted by molar-refractivity contribution is 5.92. The Morgan fingerprint density at radius 1 is 1.15 bits per heavy atom. The maximum atomic E-state index is 12.3. The zero-order valence-corrected chi connectivity index (χ0v) is 14.8. The maximum absolute atomic E-state index is 12.3. The number of hydrogen-bond acceptors (Lipinski definition) is 6. The van der Waals surface area contributed by atoms with Gasteiger partial charge in [-0.15, -0.1) is 0 Å². The normalized spacial score (nSPS) is 14.0. The van der Waals surface area contributed by atoms with Gasteiger partial charge in [-0.05, 0) is 36.4 Å². The molecule has 1 aliphatic rings. The number of aromatic nitrogens is 1. The van der Waals surface area contributed by atoms with Crippen molar-refractivity contribution >= 4 is 11.7 Å². The number of hydrogen-bond donors (Lipinski definition) is 1. The van der Waals surface area contributed by atoms with Gasteiger partial charge in [0.15, 0.2) is 0 Å². The van der Waals surface area contributed by atoms with Crippen molar-refractivity contribution in [3.8, 4) is 11.5 Å². The summed E-state index contributed by atoms with van der Waals surface area (Å²) in [6, 6.07) is 12.8. The van der Waals surface area contributed by atoms with Crippen molar-refractivity contribution in [2.45, 2.75) is 0 Å². The van der Waals surface area contributed by atoms with E-state index in [9.17, 15) is 4.79 Å². The highest BCUT2D eigenvalue weighted by Gasteiger charge is 2.14. The smallest absolute Gasteiger partial charge is 0.270 e. The predicted molar refractivity (Wildman–Crippen MR) is 98.1 cm³/mol. The molecule has 138 valence electrons. The van der Waals surface area contributed by atoms with Crippen LogP contribution in [0.15, 0.2) is 42.5 Å². The lowest BCUT2D eigenvalue weighted by Gasteiger charge is -2.27. The molecular weight excluding hydrogens is 334 g/mol. The Bertz CT molecular complexity index is 715. The van der Waals surface area contributed by atoms with E-state index in [1.807, 2.05) is 36.4 Å². The predicted octanol–water partition coefficient (Wildman–Crippen LogP) is 1.74. The van der Waals surface area contributed by atoms with Crippen LogP contribution in [0, 0.1) is 0 Å². The van der Waals surface area contributed by atoms with E-state index in [0.717, 1.165) is 30.4 Å². The fourth-order valence-electron chi connectivity index (χ4n) is 2.61. The number of benzene rings is 1. The third-order valence-electron chi connectivity index (χ3n) is 4.02. The van der Waals surface area contributed by atoms with Crippen LogP contribution >= 0.6 is 0 Å². The first-order valence-electron chi connectivity index (χ1n) is 8.61. The van der Waals surface area contributed by atoms with E-state index in [1.165, 1.54) is 0 Å². The molecule has 1 amide bonds. The summed E-state index contributed by atoms with van der Waals surface area (Å²) in [6.45, 7) is 3.71. The molecule has 0 spiro atoms. The SMILES string of the molecule is COc1ccc(OCCNC(=O)c2cccc(N3CCOCC3)n2)cc1. The van der Waals surface area contributed by atoms with Gasteiger partial charge < -0.3 is 24.4 Å². The quantitative estimate of drug-likeness (QED) is 0.761. The van der Waals surface area contributed by atoms with Crippen molar-refractivity contribution in [3.05, 3.63) is 48.2 Å². The van der Waals surface area contributed by atoms with Crippen LogP contribution in [0.5, 0.6) is 11.5 Å². The lowest BCUT2D eigenvalue weighted by atomic mass is 10.3. The second kappa shape index (κ2) is 9.05. The van der Waals surface area contributed by atoms with Crippen molar-refractivity contribution in [2.24, 2.45) is 0 Å². The van der Waals surface area contributed by atoms with Gasteiger partial charge in [-0.25, -0.2) is 4.98 Å². The average Bonchev–Trinajstić information content (AvgIpc) is 2.72. The van der Waals surface area contributed by atoms with Gasteiger partial charge in [0.05, 0.1) is 26.9 Å². The average molecular weight is 357 g/mol. The molecule has 2 heterocycles. The first kappa shape index (κ1) is 18.0. The molecule has 0 unspecified atom stereocenters. The number of carbonyl (C=O) groups is 1. The van der Waals surface area contributed by atoms with Crippen molar-refractivity contribution in [2.75, 3.05) is 51.5 Å². The number of methoxy groups -OCH3 is 1. The molecule has 7 nitrogen and oxygen atoms in total. The van der Waals surface area contributed by atoms with Crippen LogP contribution < -0.4 is 19.7 Å². The minimum absolute atomic E-state index is 0.210. The third-order valence-corrected chi connectivity index (χ3v) is 4.02. The number of rotatable bonds is 7. The molecule has 0 radical (unpaired) electrons. The van der Waals surface area contributed by atoms with Crippen molar-refractivity contribution in [1.82, 2.24) is 10.3 Å². The Balaban J connectivity index is 1.47. The third kappa shape index (κ3) is 4.86. The van der Waals surface area contributed by atoms with Crippen LogP contribution in [0.2, 0.25) is 0 Å². The van der Waals surface area contributed by atoms with Gasteiger partial charge in [0.2, 0.25) is 0 Å². The summed E-state index contributed by atoms with van der Waals surface area (Å²) in [5.74, 6) is 2.10. The van der Waals surface area contributed by atoms with Gasteiger partial charge in [0.25, 0.3) is 5.91 Å². The fourth-order valence-corrected chi connectivity index (χ4v) is 2.61. The molecule has 1 N–H and O–H groups in total. The Labute approximate surface area is 152 Å². The molecular formula is C19H23N3O4. The van der Waals surface area contributed by atoms with Crippen LogP contribution in [-0.4, -0.2) is 57.5 Å². The highest BCUT2D eigenvalue weighted by atomic mass is 16.5. The van der Waals surface area contributed by atoms with E-state index in [-0.39, 0.29) is 5.91 Å². The van der Waals surface area contributed by atoms with E-state index >= 15 is 0 Å². The lowest BCUT2D eigenvalue weighted by Crippen LogP contribution is -2.37. The zero-order chi connectivity index (χ0) is 18.2. The summed E-state index contributed by atoms with van der Waals surface area (Å²) in [7, 11) is 1.62.